The number of nitrogens with zero attached hydrogens (tertiary/aromatic N) is 1. The summed E-state index contributed by atoms with van der Waals surface area (Å²) in [7, 11) is 0. The van der Waals surface area contributed by atoms with Crippen molar-refractivity contribution in [2.45, 2.75) is 13.5 Å². The van der Waals surface area contributed by atoms with E-state index in [2.05, 4.69) is 15.8 Å². The lowest BCUT2D eigenvalue weighted by atomic mass is 10.2. The highest BCUT2D eigenvalue weighted by Gasteiger charge is 2.06. The van der Waals surface area contributed by atoms with Crippen molar-refractivity contribution in [3.05, 3.63) is 70.9 Å². The van der Waals surface area contributed by atoms with Gasteiger partial charge < -0.3 is 19.9 Å². The first kappa shape index (κ1) is 17.8. The Morgan fingerprint density at radius 1 is 1.15 bits per heavy atom. The van der Waals surface area contributed by atoms with Gasteiger partial charge in [0.25, 0.3) is 0 Å². The number of nitrogens with one attached hydrogen (secondary N) is 2. The largest absolute Gasteiger partial charge is 0.489 e. The summed E-state index contributed by atoms with van der Waals surface area (Å²) in [6, 6.07) is 16.6. The number of hydrogen-bond donors (Lipinski definition) is 2. The van der Waals surface area contributed by atoms with E-state index in [0.29, 0.717) is 23.2 Å². The van der Waals surface area contributed by atoms with Crippen LogP contribution in [0.25, 0.3) is 0 Å². The second-order valence-corrected chi connectivity index (χ2v) is 6.10. The van der Waals surface area contributed by atoms with Gasteiger partial charge in [-0.15, -0.1) is 0 Å². The molecule has 1 heterocycles. The molecule has 0 unspecified atom stereocenters. The fourth-order valence-electron chi connectivity index (χ4n) is 2.21. The zero-order valence-corrected chi connectivity index (χ0v) is 14.9. The number of ether oxygens (including phenoxy) is 1. The average molecular weight is 372 g/mol. The third-order valence-corrected chi connectivity index (χ3v) is 3.77. The Bertz CT molecular complexity index is 860. The number of amides is 1. The van der Waals surface area contributed by atoms with Crippen molar-refractivity contribution in [1.29, 1.82) is 0 Å². The van der Waals surface area contributed by atoms with E-state index in [-0.39, 0.29) is 12.5 Å². The van der Waals surface area contributed by atoms with Crippen LogP contribution in [0.3, 0.4) is 0 Å². The number of rotatable bonds is 7. The molecule has 3 aromatic rings. The fourth-order valence-corrected chi connectivity index (χ4v) is 2.34. The van der Waals surface area contributed by atoms with Gasteiger partial charge in [0.05, 0.1) is 6.54 Å². The third-order valence-electron chi connectivity index (χ3n) is 3.52. The van der Waals surface area contributed by atoms with Gasteiger partial charge in [0.1, 0.15) is 18.1 Å². The van der Waals surface area contributed by atoms with E-state index in [9.17, 15) is 4.79 Å². The van der Waals surface area contributed by atoms with Gasteiger partial charge in [-0.05, 0) is 48.9 Å². The number of aromatic nitrogens is 1. The Kier molecular flexibility index (Phi) is 5.76. The quantitative estimate of drug-likeness (QED) is 0.648. The molecule has 6 nitrogen and oxygen atoms in total. The lowest BCUT2D eigenvalue weighted by molar-refractivity contribution is -0.114. The van der Waals surface area contributed by atoms with Crippen molar-refractivity contribution in [1.82, 2.24) is 5.16 Å². The van der Waals surface area contributed by atoms with E-state index in [1.54, 1.807) is 13.0 Å². The van der Waals surface area contributed by atoms with E-state index in [0.717, 1.165) is 17.0 Å². The summed E-state index contributed by atoms with van der Waals surface area (Å²) in [4.78, 5) is 11.9. The highest BCUT2D eigenvalue weighted by atomic mass is 35.5. The topological polar surface area (TPSA) is 76.4 Å². The molecule has 0 saturated heterocycles. The molecule has 3 rings (SSSR count). The fraction of sp³-hybridized carbons (Fsp3) is 0.158. The van der Waals surface area contributed by atoms with Crippen molar-refractivity contribution in [3.8, 4) is 5.75 Å². The predicted octanol–water partition coefficient (Wildman–Crippen LogP) is 4.27. The minimum atomic E-state index is -0.207. The molecule has 0 bridgehead atoms. The van der Waals surface area contributed by atoms with Crippen LogP contribution in [0.1, 0.15) is 11.3 Å². The number of anilines is 2. The van der Waals surface area contributed by atoms with Crippen molar-refractivity contribution >= 4 is 29.0 Å². The number of carbonyl (C=O) groups excluding carboxylic acids is 1. The van der Waals surface area contributed by atoms with Gasteiger partial charge in [0, 0.05) is 16.8 Å². The second kappa shape index (κ2) is 8.40. The zero-order chi connectivity index (χ0) is 18.4. The summed E-state index contributed by atoms with van der Waals surface area (Å²) < 4.78 is 10.6. The van der Waals surface area contributed by atoms with Gasteiger partial charge in [-0.2, -0.15) is 0 Å². The maximum atomic E-state index is 11.9. The van der Waals surface area contributed by atoms with Crippen molar-refractivity contribution in [2.75, 3.05) is 17.2 Å². The molecule has 0 spiro atoms. The van der Waals surface area contributed by atoms with Gasteiger partial charge >= 0.3 is 0 Å². The molecular formula is C19H18ClN3O3. The molecule has 1 amide bonds. The van der Waals surface area contributed by atoms with Crippen LogP contribution in [0.15, 0.2) is 59.1 Å². The minimum Gasteiger partial charge on any atom is -0.489 e. The summed E-state index contributed by atoms with van der Waals surface area (Å²) in [5, 5.41) is 10.1. The molecule has 0 atom stereocenters. The lowest BCUT2D eigenvalue weighted by Crippen LogP contribution is -2.21. The number of aryl methyl sites for hydroxylation is 1. The molecule has 0 aliphatic carbocycles. The molecular weight excluding hydrogens is 354 g/mol. The number of hydrogen-bond acceptors (Lipinski definition) is 5. The summed E-state index contributed by atoms with van der Waals surface area (Å²) in [5.74, 6) is 1.58. The van der Waals surface area contributed by atoms with Crippen LogP contribution < -0.4 is 15.4 Å². The Morgan fingerprint density at radius 3 is 2.54 bits per heavy atom. The SMILES string of the molecule is Cc1cc(NC(=O)CNc2ccc(OCc3ccc(Cl)cc3)cc2)no1. The summed E-state index contributed by atoms with van der Waals surface area (Å²) in [6.45, 7) is 2.35. The van der Waals surface area contributed by atoms with Gasteiger partial charge in [-0.25, -0.2) is 0 Å². The molecule has 0 radical (unpaired) electrons. The predicted molar refractivity (Wildman–Crippen MR) is 101 cm³/mol. The van der Waals surface area contributed by atoms with Crippen LogP contribution in [0.5, 0.6) is 5.75 Å². The summed E-state index contributed by atoms with van der Waals surface area (Å²) >= 11 is 5.86. The maximum Gasteiger partial charge on any atom is 0.244 e. The molecule has 7 heteroatoms. The summed E-state index contributed by atoms with van der Waals surface area (Å²) in [5.41, 5.74) is 1.85. The smallest absolute Gasteiger partial charge is 0.244 e. The maximum absolute atomic E-state index is 11.9. The van der Waals surface area contributed by atoms with Gasteiger partial charge in [-0.1, -0.05) is 28.9 Å². The standard InChI is InChI=1S/C19H18ClN3O3/c1-13-10-18(23-26-13)22-19(24)11-21-16-6-8-17(9-7-16)25-12-14-2-4-15(20)5-3-14/h2-10,21H,11-12H2,1H3,(H,22,23,24). The van der Waals surface area contributed by atoms with Crippen LogP contribution in [-0.2, 0) is 11.4 Å². The molecule has 2 N–H and O–H groups in total. The lowest BCUT2D eigenvalue weighted by Gasteiger charge is -2.09. The first-order valence-corrected chi connectivity index (χ1v) is 8.40. The second-order valence-electron chi connectivity index (χ2n) is 5.66. The molecule has 0 aliphatic heterocycles. The van der Waals surface area contributed by atoms with Crippen molar-refractivity contribution in [3.63, 3.8) is 0 Å². The van der Waals surface area contributed by atoms with Crippen LogP contribution in [0.2, 0.25) is 5.02 Å². The highest BCUT2D eigenvalue weighted by Crippen LogP contribution is 2.18. The van der Waals surface area contributed by atoms with Crippen molar-refractivity contribution < 1.29 is 14.1 Å². The Labute approximate surface area is 156 Å². The van der Waals surface area contributed by atoms with E-state index in [1.165, 1.54) is 0 Å². The first-order valence-electron chi connectivity index (χ1n) is 8.03. The van der Waals surface area contributed by atoms with Gasteiger partial charge in [-0.3, -0.25) is 4.79 Å². The molecule has 0 fully saturated rings. The molecule has 0 saturated carbocycles. The third kappa shape index (κ3) is 5.26. The number of carbonyl (C=O) groups is 1. The Hall–Kier alpha value is -2.99. The minimum absolute atomic E-state index is 0.122. The van der Waals surface area contributed by atoms with E-state index >= 15 is 0 Å². The van der Waals surface area contributed by atoms with E-state index < -0.39 is 0 Å². The number of halogens is 1. The number of benzene rings is 2. The first-order chi connectivity index (χ1) is 12.6. The van der Waals surface area contributed by atoms with Crippen LogP contribution in [0.4, 0.5) is 11.5 Å². The summed E-state index contributed by atoms with van der Waals surface area (Å²) in [6.07, 6.45) is 0. The molecule has 1 aromatic heterocycles. The van der Waals surface area contributed by atoms with Gasteiger partial charge in [0.2, 0.25) is 5.91 Å². The molecule has 134 valence electrons. The van der Waals surface area contributed by atoms with E-state index in [1.807, 2.05) is 48.5 Å². The zero-order valence-electron chi connectivity index (χ0n) is 14.2. The molecule has 2 aromatic carbocycles. The van der Waals surface area contributed by atoms with Crippen LogP contribution >= 0.6 is 11.6 Å². The molecule has 26 heavy (non-hydrogen) atoms. The monoisotopic (exact) mass is 371 g/mol. The Morgan fingerprint density at radius 2 is 1.88 bits per heavy atom. The molecule has 0 aliphatic rings. The van der Waals surface area contributed by atoms with Crippen molar-refractivity contribution in [2.24, 2.45) is 0 Å². The Balaban J connectivity index is 1.45. The normalized spacial score (nSPS) is 10.4. The van der Waals surface area contributed by atoms with Crippen LogP contribution in [-0.4, -0.2) is 17.6 Å². The van der Waals surface area contributed by atoms with E-state index in [4.69, 9.17) is 20.9 Å². The van der Waals surface area contributed by atoms with Crippen LogP contribution in [0, 0.1) is 6.92 Å². The average Bonchev–Trinajstić information content (AvgIpc) is 3.05. The van der Waals surface area contributed by atoms with Gasteiger partial charge in [0.15, 0.2) is 5.82 Å². The highest BCUT2D eigenvalue weighted by molar-refractivity contribution is 6.30.